The fourth-order valence-corrected chi connectivity index (χ4v) is 1.91. The smallest absolute Gasteiger partial charge is 0.207 e. The highest BCUT2D eigenvalue weighted by Gasteiger charge is 2.12. The summed E-state index contributed by atoms with van der Waals surface area (Å²) in [7, 11) is 0. The predicted octanol–water partition coefficient (Wildman–Crippen LogP) is 3.72. The van der Waals surface area contributed by atoms with E-state index in [0.29, 0.717) is 12.0 Å². The molecule has 2 rings (SSSR count). The van der Waals surface area contributed by atoms with Crippen molar-refractivity contribution in [1.29, 1.82) is 0 Å². The highest BCUT2D eigenvalue weighted by molar-refractivity contribution is 5.41. The number of rotatable bonds is 5. The third kappa shape index (κ3) is 2.73. The minimum absolute atomic E-state index is 0.417. The summed E-state index contributed by atoms with van der Waals surface area (Å²) in [6.07, 6.45) is 4.99. The van der Waals surface area contributed by atoms with Gasteiger partial charge in [-0.2, -0.15) is 0 Å². The van der Waals surface area contributed by atoms with Crippen molar-refractivity contribution < 1.29 is 0 Å². The molecule has 0 aliphatic rings. The van der Waals surface area contributed by atoms with Gasteiger partial charge < -0.3 is 5.32 Å². The number of nitrogens with zero attached hydrogens (tertiary/aromatic N) is 2. The van der Waals surface area contributed by atoms with E-state index in [2.05, 4.69) is 47.8 Å². The number of aromatic nitrogens is 2. The van der Waals surface area contributed by atoms with Gasteiger partial charge in [0.05, 0.1) is 0 Å². The van der Waals surface area contributed by atoms with Crippen LogP contribution in [0.15, 0.2) is 42.7 Å². The molecule has 0 bridgehead atoms. The molecular weight excluding hydrogens is 222 g/mol. The highest BCUT2D eigenvalue weighted by Crippen LogP contribution is 2.17. The van der Waals surface area contributed by atoms with Crippen molar-refractivity contribution in [3.63, 3.8) is 0 Å². The first-order valence-corrected chi connectivity index (χ1v) is 6.57. The van der Waals surface area contributed by atoms with E-state index in [-0.39, 0.29) is 0 Å². The van der Waals surface area contributed by atoms with Gasteiger partial charge >= 0.3 is 0 Å². The summed E-state index contributed by atoms with van der Waals surface area (Å²) < 4.78 is 2.08. The fraction of sp³-hybridized carbons (Fsp3) is 0.400. The second kappa shape index (κ2) is 5.71. The number of benzene rings is 1. The van der Waals surface area contributed by atoms with Crippen molar-refractivity contribution in [1.82, 2.24) is 9.55 Å². The number of para-hydroxylation sites is 1. The van der Waals surface area contributed by atoms with E-state index < -0.39 is 0 Å². The number of anilines is 1. The molecule has 96 valence electrons. The van der Waals surface area contributed by atoms with Gasteiger partial charge in [0.15, 0.2) is 0 Å². The van der Waals surface area contributed by atoms with Crippen LogP contribution in [0.1, 0.15) is 27.2 Å². The summed E-state index contributed by atoms with van der Waals surface area (Å²) in [5, 5.41) is 3.49. The van der Waals surface area contributed by atoms with Crippen LogP contribution in [0.5, 0.6) is 0 Å². The quantitative estimate of drug-likeness (QED) is 0.867. The van der Waals surface area contributed by atoms with Crippen molar-refractivity contribution in [3.05, 3.63) is 42.7 Å². The van der Waals surface area contributed by atoms with E-state index in [1.165, 1.54) is 6.42 Å². The molecule has 3 heteroatoms. The van der Waals surface area contributed by atoms with Crippen LogP contribution >= 0.6 is 0 Å². The van der Waals surface area contributed by atoms with Gasteiger partial charge in [0.1, 0.15) is 0 Å². The standard InChI is InChI=1S/C15H21N3/c1-4-12(2)13(3)17-15-16-10-11-18(15)14-8-6-5-7-9-14/h5-13H,4H2,1-3H3,(H,16,17). The van der Waals surface area contributed by atoms with Crippen LogP contribution in [0.4, 0.5) is 5.95 Å². The minimum atomic E-state index is 0.417. The molecular formula is C15H21N3. The van der Waals surface area contributed by atoms with E-state index in [4.69, 9.17) is 0 Å². The molecule has 1 aromatic heterocycles. The first kappa shape index (κ1) is 12.7. The third-order valence-electron chi connectivity index (χ3n) is 3.53. The Labute approximate surface area is 109 Å². The Morgan fingerprint density at radius 1 is 1.22 bits per heavy atom. The molecule has 1 heterocycles. The second-order valence-electron chi connectivity index (χ2n) is 4.77. The van der Waals surface area contributed by atoms with Gasteiger partial charge in [-0.25, -0.2) is 4.98 Å². The highest BCUT2D eigenvalue weighted by atomic mass is 15.2. The maximum atomic E-state index is 4.40. The summed E-state index contributed by atoms with van der Waals surface area (Å²) in [4.78, 5) is 4.40. The Kier molecular flexibility index (Phi) is 4.03. The molecule has 0 saturated heterocycles. The molecule has 2 unspecified atom stereocenters. The average molecular weight is 243 g/mol. The first-order chi connectivity index (χ1) is 8.72. The average Bonchev–Trinajstić information content (AvgIpc) is 2.86. The molecule has 0 spiro atoms. The summed E-state index contributed by atoms with van der Waals surface area (Å²) in [5.41, 5.74) is 1.13. The molecule has 1 aromatic carbocycles. The molecule has 0 radical (unpaired) electrons. The van der Waals surface area contributed by atoms with Gasteiger partial charge in [-0.3, -0.25) is 4.57 Å². The van der Waals surface area contributed by atoms with Gasteiger partial charge in [-0.15, -0.1) is 0 Å². The Bertz CT molecular complexity index is 475. The molecule has 1 N–H and O–H groups in total. The first-order valence-electron chi connectivity index (χ1n) is 6.57. The molecule has 0 amide bonds. The lowest BCUT2D eigenvalue weighted by molar-refractivity contribution is 0.491. The molecule has 18 heavy (non-hydrogen) atoms. The molecule has 0 fully saturated rings. The Balaban J connectivity index is 2.19. The summed E-state index contributed by atoms with van der Waals surface area (Å²) in [6.45, 7) is 6.68. The molecule has 0 aliphatic heterocycles. The van der Waals surface area contributed by atoms with Crippen molar-refractivity contribution >= 4 is 5.95 Å². The van der Waals surface area contributed by atoms with E-state index in [0.717, 1.165) is 11.6 Å². The Morgan fingerprint density at radius 3 is 2.61 bits per heavy atom. The van der Waals surface area contributed by atoms with E-state index in [1.54, 1.807) is 0 Å². The van der Waals surface area contributed by atoms with E-state index in [1.807, 2.05) is 30.6 Å². The molecule has 2 aromatic rings. The zero-order valence-electron chi connectivity index (χ0n) is 11.3. The van der Waals surface area contributed by atoms with E-state index in [9.17, 15) is 0 Å². The van der Waals surface area contributed by atoms with Crippen LogP contribution in [-0.2, 0) is 0 Å². The Morgan fingerprint density at radius 2 is 1.94 bits per heavy atom. The van der Waals surface area contributed by atoms with Crippen LogP contribution in [0.25, 0.3) is 5.69 Å². The molecule has 2 atom stereocenters. The largest absolute Gasteiger partial charge is 0.353 e. The Hall–Kier alpha value is -1.77. The van der Waals surface area contributed by atoms with Crippen LogP contribution in [-0.4, -0.2) is 15.6 Å². The zero-order chi connectivity index (χ0) is 13.0. The lowest BCUT2D eigenvalue weighted by Gasteiger charge is -2.21. The van der Waals surface area contributed by atoms with Crippen LogP contribution in [0, 0.1) is 5.92 Å². The maximum Gasteiger partial charge on any atom is 0.207 e. The van der Waals surface area contributed by atoms with Crippen molar-refractivity contribution in [2.45, 2.75) is 33.2 Å². The van der Waals surface area contributed by atoms with Crippen molar-refractivity contribution in [3.8, 4) is 5.69 Å². The van der Waals surface area contributed by atoms with E-state index >= 15 is 0 Å². The molecule has 3 nitrogen and oxygen atoms in total. The van der Waals surface area contributed by atoms with Crippen LogP contribution in [0.2, 0.25) is 0 Å². The topological polar surface area (TPSA) is 29.9 Å². The maximum absolute atomic E-state index is 4.40. The SMILES string of the molecule is CCC(C)C(C)Nc1nccn1-c1ccccc1. The monoisotopic (exact) mass is 243 g/mol. The summed E-state index contributed by atoms with van der Waals surface area (Å²) in [6, 6.07) is 10.7. The lowest BCUT2D eigenvalue weighted by Crippen LogP contribution is -2.24. The van der Waals surface area contributed by atoms with Gasteiger partial charge in [0, 0.05) is 24.1 Å². The normalized spacial score (nSPS) is 14.2. The van der Waals surface area contributed by atoms with Crippen LogP contribution in [0.3, 0.4) is 0 Å². The third-order valence-corrected chi connectivity index (χ3v) is 3.53. The van der Waals surface area contributed by atoms with Gasteiger partial charge in [-0.1, -0.05) is 38.5 Å². The molecule has 0 saturated carbocycles. The number of nitrogens with one attached hydrogen (secondary N) is 1. The summed E-state index contributed by atoms with van der Waals surface area (Å²) >= 11 is 0. The predicted molar refractivity (Wildman–Crippen MR) is 76.1 cm³/mol. The van der Waals surface area contributed by atoms with Crippen LogP contribution < -0.4 is 5.32 Å². The zero-order valence-corrected chi connectivity index (χ0v) is 11.3. The number of hydrogen-bond acceptors (Lipinski definition) is 2. The van der Waals surface area contributed by atoms with Gasteiger partial charge in [-0.05, 0) is 25.0 Å². The lowest BCUT2D eigenvalue weighted by atomic mass is 10.0. The number of hydrogen-bond donors (Lipinski definition) is 1. The minimum Gasteiger partial charge on any atom is -0.353 e. The van der Waals surface area contributed by atoms with Crippen molar-refractivity contribution in [2.24, 2.45) is 5.92 Å². The molecule has 0 aliphatic carbocycles. The van der Waals surface area contributed by atoms with Crippen molar-refractivity contribution in [2.75, 3.05) is 5.32 Å². The summed E-state index contributed by atoms with van der Waals surface area (Å²) in [5.74, 6) is 1.54. The second-order valence-corrected chi connectivity index (χ2v) is 4.77. The van der Waals surface area contributed by atoms with Gasteiger partial charge in [0.25, 0.3) is 0 Å². The number of imidazole rings is 1. The van der Waals surface area contributed by atoms with Gasteiger partial charge in [0.2, 0.25) is 5.95 Å². The fourth-order valence-electron chi connectivity index (χ4n) is 1.91.